The van der Waals surface area contributed by atoms with Crippen molar-refractivity contribution < 1.29 is 14.0 Å². The Hall–Kier alpha value is -2.39. The summed E-state index contributed by atoms with van der Waals surface area (Å²) in [4.78, 5) is 12.3. The average molecular weight is 336 g/mol. The second kappa shape index (κ2) is 7.66. The maximum Gasteiger partial charge on any atom is 0.361 e. The predicted octanol–water partition coefficient (Wildman–Crippen LogP) is 3.92. The van der Waals surface area contributed by atoms with Crippen molar-refractivity contribution in [2.75, 3.05) is 19.7 Å². The first-order chi connectivity index (χ1) is 12.2. The van der Waals surface area contributed by atoms with E-state index in [1.54, 1.807) is 0 Å². The Morgan fingerprint density at radius 3 is 2.40 bits per heavy atom. The van der Waals surface area contributed by atoms with Crippen molar-refractivity contribution in [2.24, 2.45) is 0 Å². The van der Waals surface area contributed by atoms with E-state index >= 15 is 0 Å². The predicted molar refractivity (Wildman–Crippen MR) is 99.9 cm³/mol. The summed E-state index contributed by atoms with van der Waals surface area (Å²) in [5.74, 6) is 0.272. The zero-order chi connectivity index (χ0) is 17.7. The number of esters is 1. The molecule has 3 rings (SSSR count). The van der Waals surface area contributed by atoms with Gasteiger partial charge >= 0.3 is 5.97 Å². The number of ether oxygens (including phenoxy) is 1. The lowest BCUT2D eigenvalue weighted by molar-refractivity contribution is -0.992. The number of likely N-dealkylation sites (tertiary alicyclic amines) is 1. The molecule has 0 N–H and O–H groups in total. The van der Waals surface area contributed by atoms with Gasteiger partial charge in [0.2, 0.25) is 0 Å². The summed E-state index contributed by atoms with van der Waals surface area (Å²) >= 11 is 0. The summed E-state index contributed by atoms with van der Waals surface area (Å²) < 4.78 is 5.94. The lowest BCUT2D eigenvalue weighted by Crippen LogP contribution is -2.69. The van der Waals surface area contributed by atoms with Gasteiger partial charge in [0, 0.05) is 5.56 Å². The van der Waals surface area contributed by atoms with Gasteiger partial charge in [0.1, 0.15) is 12.6 Å². The molecule has 2 aromatic rings. The lowest BCUT2D eigenvalue weighted by atomic mass is 9.78. The molecule has 0 aliphatic carbocycles. The molecule has 1 heterocycles. The van der Waals surface area contributed by atoms with E-state index in [1.165, 1.54) is 11.1 Å². The van der Waals surface area contributed by atoms with Gasteiger partial charge in [0.05, 0.1) is 19.1 Å². The van der Waals surface area contributed by atoms with Crippen LogP contribution in [-0.4, -0.2) is 36.2 Å². The minimum atomic E-state index is -0.128. The van der Waals surface area contributed by atoms with E-state index in [2.05, 4.69) is 43.0 Å². The van der Waals surface area contributed by atoms with Gasteiger partial charge in [-0.2, -0.15) is 0 Å². The maximum absolute atomic E-state index is 12.3. The first-order valence-corrected chi connectivity index (χ1v) is 8.91. The summed E-state index contributed by atoms with van der Waals surface area (Å²) in [6.45, 7) is 8.49. The van der Waals surface area contributed by atoms with E-state index in [0.717, 1.165) is 13.1 Å². The Kier molecular flexibility index (Phi) is 5.34. The zero-order valence-electron chi connectivity index (χ0n) is 14.8. The Bertz CT molecular complexity index is 713. The van der Waals surface area contributed by atoms with Crippen molar-refractivity contribution in [2.45, 2.75) is 25.4 Å². The zero-order valence-corrected chi connectivity index (χ0v) is 14.8. The van der Waals surface area contributed by atoms with Crippen LogP contribution in [0.15, 0.2) is 73.3 Å². The summed E-state index contributed by atoms with van der Waals surface area (Å²) in [7, 11) is 0. The summed E-state index contributed by atoms with van der Waals surface area (Å²) in [6.07, 6.45) is 2.02. The van der Waals surface area contributed by atoms with Crippen LogP contribution in [0.3, 0.4) is 0 Å². The molecule has 1 fully saturated rings. The molecule has 0 amide bonds. The smallest absolute Gasteiger partial charge is 0.361 e. The molecule has 0 spiro atoms. The van der Waals surface area contributed by atoms with Gasteiger partial charge in [-0.15, -0.1) is 0 Å². The second-order valence-electron chi connectivity index (χ2n) is 6.75. The van der Waals surface area contributed by atoms with Crippen molar-refractivity contribution >= 4 is 5.97 Å². The summed E-state index contributed by atoms with van der Waals surface area (Å²) in [5, 5.41) is 0. The highest BCUT2D eigenvalue weighted by Gasteiger charge is 2.54. The normalized spacial score (nSPS) is 25.0. The van der Waals surface area contributed by atoms with Crippen molar-refractivity contribution in [3.63, 3.8) is 0 Å². The quantitative estimate of drug-likeness (QED) is 0.435. The third kappa shape index (κ3) is 3.67. The van der Waals surface area contributed by atoms with Crippen molar-refractivity contribution in [1.82, 2.24) is 0 Å². The van der Waals surface area contributed by atoms with Gasteiger partial charge in [-0.1, -0.05) is 67.2 Å². The van der Waals surface area contributed by atoms with E-state index < -0.39 is 0 Å². The number of carbonyl (C=O) groups excluding carboxylic acids is 1. The van der Waals surface area contributed by atoms with Gasteiger partial charge in [0.15, 0.2) is 6.54 Å². The molecule has 3 atom stereocenters. The molecule has 0 radical (unpaired) electrons. The Labute approximate surface area is 150 Å². The van der Waals surface area contributed by atoms with Crippen LogP contribution < -0.4 is 0 Å². The highest BCUT2D eigenvalue weighted by atomic mass is 16.5. The fourth-order valence-corrected chi connectivity index (χ4v) is 4.06. The van der Waals surface area contributed by atoms with Gasteiger partial charge in [-0.25, -0.2) is 4.79 Å². The van der Waals surface area contributed by atoms with Crippen molar-refractivity contribution in [1.29, 1.82) is 0 Å². The minimum absolute atomic E-state index is 0.128. The SMILES string of the molecule is C=C[C@H]1[C@H](c2ccccc2)C[N+]1(CC(=O)OCC)Cc1ccccc1. The van der Waals surface area contributed by atoms with Gasteiger partial charge in [0.25, 0.3) is 0 Å². The number of benzene rings is 2. The van der Waals surface area contributed by atoms with Gasteiger partial charge in [-0.3, -0.25) is 0 Å². The molecular formula is C22H26NO2+. The molecule has 0 bridgehead atoms. The molecular weight excluding hydrogens is 310 g/mol. The Balaban J connectivity index is 1.86. The second-order valence-corrected chi connectivity index (χ2v) is 6.75. The van der Waals surface area contributed by atoms with E-state index in [1.807, 2.05) is 37.3 Å². The maximum atomic E-state index is 12.3. The molecule has 1 aliphatic heterocycles. The van der Waals surface area contributed by atoms with E-state index in [9.17, 15) is 4.79 Å². The number of quaternary nitrogens is 1. The minimum Gasteiger partial charge on any atom is -0.462 e. The summed E-state index contributed by atoms with van der Waals surface area (Å²) in [6, 6.07) is 21.1. The average Bonchev–Trinajstić information content (AvgIpc) is 2.61. The third-order valence-electron chi connectivity index (χ3n) is 5.16. The molecule has 1 saturated heterocycles. The highest BCUT2D eigenvalue weighted by molar-refractivity contribution is 5.70. The monoisotopic (exact) mass is 336 g/mol. The molecule has 1 unspecified atom stereocenters. The number of hydrogen-bond donors (Lipinski definition) is 0. The summed E-state index contributed by atoms with van der Waals surface area (Å²) in [5.41, 5.74) is 2.56. The van der Waals surface area contributed by atoms with Crippen LogP contribution in [0.2, 0.25) is 0 Å². The molecule has 3 heteroatoms. The first kappa shape index (κ1) is 17.4. The van der Waals surface area contributed by atoms with Crippen LogP contribution in [0, 0.1) is 0 Å². The molecule has 0 saturated carbocycles. The van der Waals surface area contributed by atoms with Gasteiger partial charge in [-0.05, 0) is 18.6 Å². The molecule has 3 nitrogen and oxygen atoms in total. The van der Waals surface area contributed by atoms with Crippen molar-refractivity contribution in [3.8, 4) is 0 Å². The van der Waals surface area contributed by atoms with Crippen LogP contribution in [0.25, 0.3) is 0 Å². The largest absolute Gasteiger partial charge is 0.462 e. The fourth-order valence-electron chi connectivity index (χ4n) is 4.06. The van der Waals surface area contributed by atoms with Gasteiger partial charge < -0.3 is 9.22 Å². The Morgan fingerprint density at radius 1 is 1.16 bits per heavy atom. The number of nitrogens with zero attached hydrogens (tertiary/aromatic N) is 1. The topological polar surface area (TPSA) is 26.3 Å². The van der Waals surface area contributed by atoms with E-state index in [-0.39, 0.29) is 12.0 Å². The van der Waals surface area contributed by atoms with Crippen LogP contribution in [0.4, 0.5) is 0 Å². The standard InChI is InChI=1S/C22H26NO2/c1-3-21-20(19-13-9-6-10-14-19)16-23(21,17-22(24)25-4-2)15-18-11-7-5-8-12-18/h3,5-14,20-21H,1,4,15-17H2,2H3/q+1/t20-,21-,23?/m0/s1. The Morgan fingerprint density at radius 2 is 1.80 bits per heavy atom. The molecule has 2 aromatic carbocycles. The molecule has 1 aliphatic rings. The van der Waals surface area contributed by atoms with E-state index in [0.29, 0.717) is 23.6 Å². The number of rotatable bonds is 7. The highest BCUT2D eigenvalue weighted by Crippen LogP contribution is 2.43. The van der Waals surface area contributed by atoms with Crippen LogP contribution in [-0.2, 0) is 16.1 Å². The van der Waals surface area contributed by atoms with Crippen LogP contribution in [0.1, 0.15) is 24.0 Å². The number of hydrogen-bond acceptors (Lipinski definition) is 2. The van der Waals surface area contributed by atoms with Crippen molar-refractivity contribution in [3.05, 3.63) is 84.4 Å². The van der Waals surface area contributed by atoms with Crippen LogP contribution in [0.5, 0.6) is 0 Å². The number of carbonyl (C=O) groups is 1. The first-order valence-electron chi connectivity index (χ1n) is 8.91. The molecule has 0 aromatic heterocycles. The van der Waals surface area contributed by atoms with E-state index in [4.69, 9.17) is 4.74 Å². The molecule has 130 valence electrons. The fraction of sp³-hybridized carbons (Fsp3) is 0.318. The third-order valence-corrected chi connectivity index (χ3v) is 5.16. The van der Waals surface area contributed by atoms with Crippen LogP contribution >= 0.6 is 0 Å². The molecule has 25 heavy (non-hydrogen) atoms. The lowest BCUT2D eigenvalue weighted by Gasteiger charge is -2.55.